The summed E-state index contributed by atoms with van der Waals surface area (Å²) in [7, 11) is 0. The number of hydrogen-bond donors (Lipinski definition) is 1. The molecule has 118 valence electrons. The van der Waals surface area contributed by atoms with Crippen molar-refractivity contribution in [2.75, 3.05) is 0 Å². The molecule has 7 nitrogen and oxygen atoms in total. The van der Waals surface area contributed by atoms with E-state index in [0.717, 1.165) is 5.69 Å². The average Bonchev–Trinajstić information content (AvgIpc) is 3.29. The molecule has 0 fully saturated rings. The first kappa shape index (κ1) is 14.1. The largest absolute Gasteiger partial charge is 0.467 e. The van der Waals surface area contributed by atoms with Crippen molar-refractivity contribution in [2.45, 2.75) is 6.54 Å². The molecule has 0 unspecified atom stereocenters. The summed E-state index contributed by atoms with van der Waals surface area (Å²) < 4.78 is 6.81. The van der Waals surface area contributed by atoms with Crippen LogP contribution in [0.3, 0.4) is 0 Å². The summed E-state index contributed by atoms with van der Waals surface area (Å²) in [6.07, 6.45) is 3.26. The summed E-state index contributed by atoms with van der Waals surface area (Å²) in [4.78, 5) is 16.6. The normalized spacial score (nSPS) is 10.8. The molecule has 24 heavy (non-hydrogen) atoms. The number of pyridine rings is 1. The van der Waals surface area contributed by atoms with Crippen molar-refractivity contribution in [1.29, 1.82) is 0 Å². The zero-order valence-corrected chi connectivity index (χ0v) is 12.6. The van der Waals surface area contributed by atoms with Gasteiger partial charge in [-0.05, 0) is 42.5 Å². The molecule has 4 rings (SSSR count). The number of fused-ring (bicyclic) bond motifs is 1. The predicted octanol–water partition coefficient (Wildman–Crippen LogP) is 2.34. The first-order valence-corrected chi connectivity index (χ1v) is 7.39. The summed E-state index contributed by atoms with van der Waals surface area (Å²) in [5.41, 5.74) is 2.59. The van der Waals surface area contributed by atoms with Crippen LogP contribution >= 0.6 is 0 Å². The van der Waals surface area contributed by atoms with Crippen LogP contribution < -0.4 is 5.32 Å². The maximum atomic E-state index is 12.3. The van der Waals surface area contributed by atoms with Gasteiger partial charge in [-0.15, -0.1) is 5.10 Å². The van der Waals surface area contributed by atoms with E-state index < -0.39 is 0 Å². The minimum absolute atomic E-state index is 0.189. The number of hydrogen-bond acceptors (Lipinski definition) is 5. The van der Waals surface area contributed by atoms with Crippen molar-refractivity contribution in [1.82, 2.24) is 25.3 Å². The molecule has 0 aliphatic rings. The molecule has 0 saturated heterocycles. The third-order valence-corrected chi connectivity index (χ3v) is 3.56. The molecule has 3 heterocycles. The highest BCUT2D eigenvalue weighted by atomic mass is 16.3. The lowest BCUT2D eigenvalue weighted by Gasteiger charge is -2.06. The van der Waals surface area contributed by atoms with Crippen molar-refractivity contribution >= 4 is 17.1 Å². The van der Waals surface area contributed by atoms with E-state index >= 15 is 0 Å². The maximum absolute atomic E-state index is 12.3. The highest BCUT2D eigenvalue weighted by Crippen LogP contribution is 2.15. The predicted molar refractivity (Wildman–Crippen MR) is 86.5 cm³/mol. The summed E-state index contributed by atoms with van der Waals surface area (Å²) in [6.45, 7) is 0.337. The van der Waals surface area contributed by atoms with E-state index in [-0.39, 0.29) is 5.91 Å². The number of nitrogens with one attached hydrogen (secondary N) is 1. The fourth-order valence-corrected chi connectivity index (χ4v) is 2.40. The second-order valence-electron chi connectivity index (χ2n) is 5.16. The lowest BCUT2D eigenvalue weighted by atomic mass is 10.2. The summed E-state index contributed by atoms with van der Waals surface area (Å²) in [5, 5.41) is 11.0. The Morgan fingerprint density at radius 2 is 2.12 bits per heavy atom. The summed E-state index contributed by atoms with van der Waals surface area (Å²) in [5.74, 6) is 0.511. The second kappa shape index (κ2) is 5.96. The molecule has 1 N–H and O–H groups in total. The number of benzene rings is 1. The first-order chi connectivity index (χ1) is 11.8. The van der Waals surface area contributed by atoms with Gasteiger partial charge in [-0.2, -0.15) is 4.68 Å². The maximum Gasteiger partial charge on any atom is 0.251 e. The van der Waals surface area contributed by atoms with Gasteiger partial charge in [0.1, 0.15) is 11.3 Å². The Bertz CT molecular complexity index is 991. The highest BCUT2D eigenvalue weighted by Gasteiger charge is 2.11. The number of carbonyl (C=O) groups excluding carboxylic acids is 1. The van der Waals surface area contributed by atoms with Crippen LogP contribution in [0.2, 0.25) is 0 Å². The van der Waals surface area contributed by atoms with E-state index in [1.807, 2.05) is 18.2 Å². The van der Waals surface area contributed by atoms with Crippen LogP contribution in [0.1, 0.15) is 16.1 Å². The van der Waals surface area contributed by atoms with Crippen molar-refractivity contribution in [3.05, 3.63) is 72.3 Å². The third kappa shape index (κ3) is 2.63. The van der Waals surface area contributed by atoms with Crippen LogP contribution in [0.5, 0.6) is 0 Å². The van der Waals surface area contributed by atoms with Crippen molar-refractivity contribution in [3.63, 3.8) is 0 Å². The van der Waals surface area contributed by atoms with E-state index in [0.29, 0.717) is 29.0 Å². The fraction of sp³-hybridized carbons (Fsp3) is 0.0588. The lowest BCUT2D eigenvalue weighted by molar-refractivity contribution is 0.0948. The van der Waals surface area contributed by atoms with Gasteiger partial charge in [-0.3, -0.25) is 4.79 Å². The summed E-state index contributed by atoms with van der Waals surface area (Å²) >= 11 is 0. The molecule has 1 amide bonds. The van der Waals surface area contributed by atoms with E-state index in [2.05, 4.69) is 20.6 Å². The van der Waals surface area contributed by atoms with E-state index in [1.165, 1.54) is 0 Å². The molecule has 0 saturated carbocycles. The Labute approximate surface area is 136 Å². The highest BCUT2D eigenvalue weighted by molar-refractivity contribution is 5.94. The molecule has 0 aliphatic heterocycles. The van der Waals surface area contributed by atoms with Crippen molar-refractivity contribution < 1.29 is 9.21 Å². The molecular formula is C17H13N5O2. The lowest BCUT2D eigenvalue weighted by Crippen LogP contribution is -2.22. The number of furan rings is 1. The molecule has 0 spiro atoms. The van der Waals surface area contributed by atoms with Gasteiger partial charge in [-0.25, -0.2) is 4.98 Å². The third-order valence-electron chi connectivity index (χ3n) is 3.56. The van der Waals surface area contributed by atoms with Gasteiger partial charge < -0.3 is 9.73 Å². The van der Waals surface area contributed by atoms with E-state index in [4.69, 9.17) is 4.42 Å². The quantitative estimate of drug-likeness (QED) is 0.624. The average molecular weight is 319 g/mol. The topological polar surface area (TPSA) is 85.8 Å². The standard InChI is InChI=1S/C17H13N5O2/c23-17(19-11-14-6-3-9-24-14)12-4-1-5-13(10-12)22-16-15(20-21-22)7-2-8-18-16/h1-10H,11H2,(H,19,23). The van der Waals surface area contributed by atoms with E-state index in [9.17, 15) is 4.79 Å². The number of rotatable bonds is 4. The Morgan fingerprint density at radius 3 is 3.00 bits per heavy atom. The van der Waals surface area contributed by atoms with Gasteiger partial charge in [0.15, 0.2) is 5.65 Å². The van der Waals surface area contributed by atoms with Gasteiger partial charge in [0, 0.05) is 11.8 Å². The van der Waals surface area contributed by atoms with Crippen LogP contribution in [-0.2, 0) is 6.54 Å². The molecule has 0 radical (unpaired) electrons. The SMILES string of the molecule is O=C(NCc1ccco1)c1cccc(-n2nnc3cccnc32)c1. The monoisotopic (exact) mass is 319 g/mol. The van der Waals surface area contributed by atoms with Crippen LogP contribution in [-0.4, -0.2) is 25.9 Å². The zero-order chi connectivity index (χ0) is 16.4. The molecule has 0 atom stereocenters. The van der Waals surface area contributed by atoms with Gasteiger partial charge in [-0.1, -0.05) is 11.3 Å². The minimum Gasteiger partial charge on any atom is -0.467 e. The smallest absolute Gasteiger partial charge is 0.251 e. The summed E-state index contributed by atoms with van der Waals surface area (Å²) in [6, 6.07) is 14.4. The number of nitrogens with zero attached hydrogens (tertiary/aromatic N) is 4. The molecule has 3 aromatic heterocycles. The Hall–Kier alpha value is -3.48. The van der Waals surface area contributed by atoms with Gasteiger partial charge in [0.25, 0.3) is 5.91 Å². The van der Waals surface area contributed by atoms with Crippen LogP contribution in [0.25, 0.3) is 16.9 Å². The number of aromatic nitrogens is 4. The minimum atomic E-state index is -0.189. The van der Waals surface area contributed by atoms with Crippen molar-refractivity contribution in [3.8, 4) is 5.69 Å². The molecule has 0 aliphatic carbocycles. The Morgan fingerprint density at radius 1 is 1.17 bits per heavy atom. The van der Waals surface area contributed by atoms with Crippen molar-refractivity contribution in [2.24, 2.45) is 0 Å². The van der Waals surface area contributed by atoms with Crippen LogP contribution in [0.4, 0.5) is 0 Å². The second-order valence-corrected chi connectivity index (χ2v) is 5.16. The van der Waals surface area contributed by atoms with Crippen LogP contribution in [0, 0.1) is 0 Å². The number of carbonyl (C=O) groups is 1. The molecule has 7 heteroatoms. The van der Waals surface area contributed by atoms with Gasteiger partial charge in [0.2, 0.25) is 0 Å². The van der Waals surface area contributed by atoms with Gasteiger partial charge in [0.05, 0.1) is 18.5 Å². The first-order valence-electron chi connectivity index (χ1n) is 7.39. The van der Waals surface area contributed by atoms with Gasteiger partial charge >= 0.3 is 0 Å². The van der Waals surface area contributed by atoms with Crippen LogP contribution in [0.15, 0.2) is 65.4 Å². The molecule has 1 aromatic carbocycles. The zero-order valence-electron chi connectivity index (χ0n) is 12.6. The number of amides is 1. The van der Waals surface area contributed by atoms with E-state index in [1.54, 1.807) is 47.5 Å². The Balaban J connectivity index is 1.60. The fourth-order valence-electron chi connectivity index (χ4n) is 2.40. The molecular weight excluding hydrogens is 306 g/mol. The Kier molecular flexibility index (Phi) is 3.51. The molecule has 0 bridgehead atoms. The molecule has 4 aromatic rings.